The van der Waals surface area contributed by atoms with Crippen molar-refractivity contribution in [1.29, 1.82) is 0 Å². The molecule has 0 amide bonds. The Hall–Kier alpha value is -1.85. The topological polar surface area (TPSA) is 81.3 Å². The molecule has 0 aliphatic rings. The van der Waals surface area contributed by atoms with E-state index in [1.807, 2.05) is 0 Å². The lowest BCUT2D eigenvalue weighted by molar-refractivity contribution is -0.140. The van der Waals surface area contributed by atoms with Crippen LogP contribution in [0.5, 0.6) is 0 Å². The average molecular weight is 212 g/mol. The number of nitrogens with one attached hydrogen (secondary N) is 1. The number of methoxy groups -OCH3 is 2. The Bertz CT molecular complexity index is 359. The predicted molar refractivity (Wildman–Crippen MR) is 50.3 cm³/mol. The molecule has 82 valence electrons. The van der Waals surface area contributed by atoms with E-state index in [2.05, 4.69) is 19.7 Å². The van der Waals surface area contributed by atoms with Gasteiger partial charge >= 0.3 is 11.9 Å². The van der Waals surface area contributed by atoms with Crippen molar-refractivity contribution in [2.75, 3.05) is 14.2 Å². The highest BCUT2D eigenvalue weighted by Crippen LogP contribution is 2.09. The third kappa shape index (κ3) is 2.80. The molecule has 0 bridgehead atoms. The predicted octanol–water partition coefficient (Wildman–Crippen LogP) is 0.302. The third-order valence-electron chi connectivity index (χ3n) is 1.93. The first kappa shape index (κ1) is 11.2. The van der Waals surface area contributed by atoms with Crippen molar-refractivity contribution in [3.8, 4) is 0 Å². The van der Waals surface area contributed by atoms with Gasteiger partial charge in [-0.05, 0) is 6.42 Å². The Morgan fingerprint density at radius 1 is 1.40 bits per heavy atom. The number of hydrogen-bond donors (Lipinski definition) is 1. The van der Waals surface area contributed by atoms with Crippen molar-refractivity contribution in [3.05, 3.63) is 17.5 Å². The van der Waals surface area contributed by atoms with E-state index in [4.69, 9.17) is 0 Å². The number of aromatic amines is 1. The van der Waals surface area contributed by atoms with Crippen LogP contribution in [0.2, 0.25) is 0 Å². The monoisotopic (exact) mass is 212 g/mol. The van der Waals surface area contributed by atoms with Crippen LogP contribution < -0.4 is 0 Å². The minimum Gasteiger partial charge on any atom is -0.469 e. The van der Waals surface area contributed by atoms with E-state index in [-0.39, 0.29) is 18.1 Å². The van der Waals surface area contributed by atoms with E-state index in [0.29, 0.717) is 12.0 Å². The van der Waals surface area contributed by atoms with Gasteiger partial charge in [0.05, 0.1) is 20.4 Å². The van der Waals surface area contributed by atoms with Crippen molar-refractivity contribution in [2.24, 2.45) is 0 Å². The van der Waals surface area contributed by atoms with E-state index < -0.39 is 5.97 Å². The maximum absolute atomic E-state index is 11.2. The van der Waals surface area contributed by atoms with Gasteiger partial charge in [0, 0.05) is 12.0 Å². The molecule has 1 aromatic rings. The second kappa shape index (κ2) is 5.14. The number of hydrogen-bond acceptors (Lipinski definition) is 5. The van der Waals surface area contributed by atoms with Crippen LogP contribution in [-0.4, -0.2) is 36.4 Å². The number of rotatable bonds is 4. The summed E-state index contributed by atoms with van der Waals surface area (Å²) >= 11 is 0. The summed E-state index contributed by atoms with van der Waals surface area (Å²) in [5.74, 6) is -0.820. The van der Waals surface area contributed by atoms with Crippen LogP contribution in [-0.2, 0) is 20.7 Å². The number of carbonyl (C=O) groups excluding carboxylic acids is 2. The molecule has 1 heterocycles. The summed E-state index contributed by atoms with van der Waals surface area (Å²) in [6, 6.07) is 0. The van der Waals surface area contributed by atoms with Gasteiger partial charge in [-0.3, -0.25) is 9.89 Å². The highest BCUT2D eigenvalue weighted by atomic mass is 16.5. The molecule has 15 heavy (non-hydrogen) atoms. The molecule has 0 saturated heterocycles. The molecule has 0 aliphatic heterocycles. The van der Waals surface area contributed by atoms with E-state index in [0.717, 1.165) is 0 Å². The van der Waals surface area contributed by atoms with Gasteiger partial charge in [0.2, 0.25) is 0 Å². The zero-order chi connectivity index (χ0) is 11.3. The van der Waals surface area contributed by atoms with Crippen molar-refractivity contribution in [1.82, 2.24) is 10.2 Å². The summed E-state index contributed by atoms with van der Waals surface area (Å²) in [5.41, 5.74) is 0.925. The van der Waals surface area contributed by atoms with E-state index >= 15 is 0 Å². The molecule has 6 nitrogen and oxygen atoms in total. The Labute approximate surface area is 86.6 Å². The Kier molecular flexibility index (Phi) is 3.84. The Morgan fingerprint density at radius 2 is 2.13 bits per heavy atom. The van der Waals surface area contributed by atoms with Crippen LogP contribution >= 0.6 is 0 Å². The van der Waals surface area contributed by atoms with Crippen LogP contribution in [0.25, 0.3) is 0 Å². The molecule has 0 saturated carbocycles. The number of carbonyl (C=O) groups is 2. The van der Waals surface area contributed by atoms with E-state index in [1.54, 1.807) is 0 Å². The highest BCUT2D eigenvalue weighted by Gasteiger charge is 2.14. The van der Waals surface area contributed by atoms with E-state index in [9.17, 15) is 9.59 Å². The highest BCUT2D eigenvalue weighted by molar-refractivity contribution is 5.88. The minimum atomic E-state index is -0.493. The molecule has 0 spiro atoms. The number of aromatic nitrogens is 2. The quantitative estimate of drug-likeness (QED) is 0.726. The maximum Gasteiger partial charge on any atom is 0.356 e. The lowest BCUT2D eigenvalue weighted by atomic mass is 10.1. The lowest BCUT2D eigenvalue weighted by Gasteiger charge is -2.00. The Balaban J connectivity index is 2.65. The summed E-state index contributed by atoms with van der Waals surface area (Å²) in [7, 11) is 2.60. The van der Waals surface area contributed by atoms with Crippen molar-refractivity contribution >= 4 is 11.9 Å². The first-order valence-corrected chi connectivity index (χ1v) is 4.36. The largest absolute Gasteiger partial charge is 0.469 e. The third-order valence-corrected chi connectivity index (χ3v) is 1.93. The fourth-order valence-electron chi connectivity index (χ4n) is 1.12. The molecule has 0 atom stereocenters. The summed E-state index contributed by atoms with van der Waals surface area (Å²) in [5, 5.41) is 6.24. The van der Waals surface area contributed by atoms with Gasteiger partial charge in [-0.2, -0.15) is 5.10 Å². The standard InChI is InChI=1S/C9H12N2O4/c1-14-7(12)4-3-6-5-10-11-8(6)9(13)15-2/h5H,3-4H2,1-2H3,(H,10,11). The Morgan fingerprint density at radius 3 is 2.73 bits per heavy atom. The molecule has 0 aliphatic carbocycles. The summed E-state index contributed by atoms with van der Waals surface area (Å²) in [4.78, 5) is 22.1. The summed E-state index contributed by atoms with van der Waals surface area (Å²) in [6.07, 6.45) is 2.10. The molecule has 1 rings (SSSR count). The number of ether oxygens (including phenoxy) is 2. The molecule has 0 aromatic carbocycles. The normalized spacial score (nSPS) is 9.73. The summed E-state index contributed by atoms with van der Waals surface area (Å²) in [6.45, 7) is 0. The average Bonchev–Trinajstić information content (AvgIpc) is 2.72. The lowest BCUT2D eigenvalue weighted by Crippen LogP contribution is -2.07. The van der Waals surface area contributed by atoms with Gasteiger partial charge in [-0.25, -0.2) is 4.79 Å². The first-order chi connectivity index (χ1) is 7.19. The number of aryl methyl sites for hydroxylation is 1. The molecule has 0 unspecified atom stereocenters. The van der Waals surface area contributed by atoms with Gasteiger partial charge in [0.1, 0.15) is 5.69 Å². The molecule has 0 fully saturated rings. The van der Waals surface area contributed by atoms with Crippen molar-refractivity contribution in [3.63, 3.8) is 0 Å². The maximum atomic E-state index is 11.2. The van der Waals surface area contributed by atoms with Gasteiger partial charge in [-0.1, -0.05) is 0 Å². The molecular weight excluding hydrogens is 200 g/mol. The number of H-pyrrole nitrogens is 1. The van der Waals surface area contributed by atoms with E-state index in [1.165, 1.54) is 20.4 Å². The van der Waals surface area contributed by atoms with Gasteiger partial charge in [0.15, 0.2) is 0 Å². The molecular formula is C9H12N2O4. The fourth-order valence-corrected chi connectivity index (χ4v) is 1.12. The SMILES string of the molecule is COC(=O)CCc1cn[nH]c1C(=O)OC. The van der Waals surface area contributed by atoms with Gasteiger partial charge in [-0.15, -0.1) is 0 Å². The van der Waals surface area contributed by atoms with Crippen LogP contribution in [0.4, 0.5) is 0 Å². The fraction of sp³-hybridized carbons (Fsp3) is 0.444. The number of esters is 2. The van der Waals surface area contributed by atoms with Gasteiger partial charge in [0.25, 0.3) is 0 Å². The first-order valence-electron chi connectivity index (χ1n) is 4.36. The smallest absolute Gasteiger partial charge is 0.356 e. The summed E-state index contributed by atoms with van der Waals surface area (Å²) < 4.78 is 9.03. The second-order valence-electron chi connectivity index (χ2n) is 2.84. The van der Waals surface area contributed by atoms with Crippen LogP contribution in [0.1, 0.15) is 22.5 Å². The molecule has 1 N–H and O–H groups in total. The van der Waals surface area contributed by atoms with Crippen molar-refractivity contribution < 1.29 is 19.1 Å². The zero-order valence-corrected chi connectivity index (χ0v) is 8.57. The van der Waals surface area contributed by atoms with Crippen LogP contribution in [0.3, 0.4) is 0 Å². The molecule has 0 radical (unpaired) electrons. The molecule has 6 heteroatoms. The van der Waals surface area contributed by atoms with Gasteiger partial charge < -0.3 is 9.47 Å². The second-order valence-corrected chi connectivity index (χ2v) is 2.84. The van der Waals surface area contributed by atoms with Crippen LogP contribution in [0.15, 0.2) is 6.20 Å². The molecule has 1 aromatic heterocycles. The zero-order valence-electron chi connectivity index (χ0n) is 8.57. The van der Waals surface area contributed by atoms with Crippen molar-refractivity contribution in [2.45, 2.75) is 12.8 Å². The number of nitrogens with zero attached hydrogens (tertiary/aromatic N) is 1. The minimum absolute atomic E-state index is 0.208. The van der Waals surface area contributed by atoms with Crippen LogP contribution in [0, 0.1) is 0 Å².